The van der Waals surface area contributed by atoms with Crippen molar-refractivity contribution in [2.75, 3.05) is 5.75 Å². The summed E-state index contributed by atoms with van der Waals surface area (Å²) in [6, 6.07) is 4.55. The minimum Gasteiger partial charge on any atom is -0.341 e. The highest BCUT2D eigenvalue weighted by Gasteiger charge is 2.27. The van der Waals surface area contributed by atoms with Gasteiger partial charge in [0.1, 0.15) is 5.69 Å². The van der Waals surface area contributed by atoms with Gasteiger partial charge >= 0.3 is 6.80 Å². The predicted molar refractivity (Wildman–Crippen MR) is 101 cm³/mol. The van der Waals surface area contributed by atoms with Gasteiger partial charge in [0.05, 0.1) is 18.3 Å². The molecule has 1 aromatic heterocycles. The number of aryl methyl sites for hydroxylation is 1. The Morgan fingerprint density at radius 2 is 1.92 bits per heavy atom. The van der Waals surface area contributed by atoms with Crippen molar-refractivity contribution in [3.05, 3.63) is 45.7 Å². The van der Waals surface area contributed by atoms with Crippen LogP contribution in [0.4, 0.5) is 0 Å². The Morgan fingerprint density at radius 1 is 1.31 bits per heavy atom. The molecule has 0 saturated carbocycles. The second-order valence-electron chi connectivity index (χ2n) is 5.93. The normalized spacial score (nSPS) is 12.2. The SMILES string of the molecule is CC(C)(NC(=O)c1cc(Cl)cc(Cl)c1)c1cn(CCSP(=O)(O)O)nn1. The van der Waals surface area contributed by atoms with E-state index in [1.807, 2.05) is 0 Å². The number of carbonyl (C=O) groups is 1. The van der Waals surface area contributed by atoms with Crippen LogP contribution in [-0.4, -0.2) is 36.4 Å². The van der Waals surface area contributed by atoms with E-state index < -0.39 is 12.3 Å². The van der Waals surface area contributed by atoms with Crippen LogP contribution in [-0.2, 0) is 16.6 Å². The fourth-order valence-electron chi connectivity index (χ4n) is 2.05. The van der Waals surface area contributed by atoms with Gasteiger partial charge in [0, 0.05) is 21.4 Å². The molecule has 0 aliphatic carbocycles. The molecule has 2 rings (SSSR count). The zero-order chi connectivity index (χ0) is 19.5. The molecular formula is C14H17Cl2N4O4PS. The molecule has 1 aromatic carbocycles. The van der Waals surface area contributed by atoms with Gasteiger partial charge in [-0.1, -0.05) is 28.4 Å². The van der Waals surface area contributed by atoms with E-state index >= 15 is 0 Å². The predicted octanol–water partition coefficient (Wildman–Crippen LogP) is 3.08. The smallest absolute Gasteiger partial charge is 0.341 e. The number of hydrogen-bond donors (Lipinski definition) is 3. The van der Waals surface area contributed by atoms with Gasteiger partial charge < -0.3 is 15.1 Å². The average molecular weight is 439 g/mol. The van der Waals surface area contributed by atoms with Gasteiger partial charge in [0.25, 0.3) is 5.91 Å². The molecule has 0 radical (unpaired) electrons. The topological polar surface area (TPSA) is 117 Å². The number of aromatic nitrogens is 3. The van der Waals surface area contributed by atoms with Crippen molar-refractivity contribution in [1.82, 2.24) is 20.3 Å². The Labute approximate surface area is 164 Å². The Balaban J connectivity index is 2.05. The van der Waals surface area contributed by atoms with Crippen molar-refractivity contribution in [3.63, 3.8) is 0 Å². The van der Waals surface area contributed by atoms with E-state index in [2.05, 4.69) is 15.6 Å². The summed E-state index contributed by atoms with van der Waals surface area (Å²) in [5.41, 5.74) is -0.0123. The summed E-state index contributed by atoms with van der Waals surface area (Å²) in [4.78, 5) is 30.1. The third kappa shape index (κ3) is 6.26. The molecule has 0 aliphatic rings. The number of rotatable bonds is 7. The molecule has 26 heavy (non-hydrogen) atoms. The van der Waals surface area contributed by atoms with Crippen molar-refractivity contribution >= 4 is 47.3 Å². The maximum absolute atomic E-state index is 12.5. The highest BCUT2D eigenvalue weighted by molar-refractivity contribution is 8.54. The summed E-state index contributed by atoms with van der Waals surface area (Å²) in [5, 5.41) is 11.5. The lowest BCUT2D eigenvalue weighted by atomic mass is 10.0. The molecule has 0 unspecified atom stereocenters. The molecule has 8 nitrogen and oxygen atoms in total. The van der Waals surface area contributed by atoms with E-state index in [0.717, 1.165) is 0 Å². The molecule has 0 aliphatic heterocycles. The largest absolute Gasteiger partial charge is 0.384 e. The molecule has 0 saturated heterocycles. The Hall–Kier alpha value is -1.09. The Morgan fingerprint density at radius 3 is 2.50 bits per heavy atom. The quantitative estimate of drug-likeness (QED) is 0.568. The van der Waals surface area contributed by atoms with E-state index in [0.29, 0.717) is 32.7 Å². The summed E-state index contributed by atoms with van der Waals surface area (Å²) in [7, 11) is 0. The number of amides is 1. The first-order valence-corrected chi connectivity index (χ1v) is 11.3. The summed E-state index contributed by atoms with van der Waals surface area (Å²) < 4.78 is 12.3. The lowest BCUT2D eigenvalue weighted by Gasteiger charge is -2.23. The lowest BCUT2D eigenvalue weighted by molar-refractivity contribution is 0.0910. The van der Waals surface area contributed by atoms with E-state index in [4.69, 9.17) is 33.0 Å². The van der Waals surface area contributed by atoms with Crippen molar-refractivity contribution in [1.29, 1.82) is 0 Å². The molecule has 2 aromatic rings. The molecule has 1 amide bonds. The van der Waals surface area contributed by atoms with Gasteiger partial charge in [-0.05, 0) is 43.4 Å². The lowest BCUT2D eigenvalue weighted by Crippen LogP contribution is -2.41. The van der Waals surface area contributed by atoms with Gasteiger partial charge in [-0.2, -0.15) is 0 Å². The van der Waals surface area contributed by atoms with Crippen LogP contribution in [0.15, 0.2) is 24.4 Å². The zero-order valence-corrected chi connectivity index (χ0v) is 17.1. The first-order valence-electron chi connectivity index (χ1n) is 7.35. The first kappa shape index (κ1) is 21.2. The minimum atomic E-state index is -4.11. The van der Waals surface area contributed by atoms with Gasteiger partial charge in [-0.3, -0.25) is 9.48 Å². The fourth-order valence-corrected chi connectivity index (χ4v) is 4.04. The third-order valence-electron chi connectivity index (χ3n) is 3.31. The number of halogens is 2. The van der Waals surface area contributed by atoms with Crippen molar-refractivity contribution in [3.8, 4) is 0 Å². The zero-order valence-electron chi connectivity index (χ0n) is 13.9. The Kier molecular flexibility index (Phi) is 6.76. The number of carbonyl (C=O) groups excluding carboxylic acids is 1. The highest BCUT2D eigenvalue weighted by Crippen LogP contribution is 2.49. The third-order valence-corrected chi connectivity index (χ3v) is 6.00. The minimum absolute atomic E-state index is 0.181. The summed E-state index contributed by atoms with van der Waals surface area (Å²) in [5.74, 6) is -0.188. The molecule has 142 valence electrons. The van der Waals surface area contributed by atoms with Crippen LogP contribution in [0.3, 0.4) is 0 Å². The van der Waals surface area contributed by atoms with E-state index in [9.17, 15) is 9.36 Å². The highest BCUT2D eigenvalue weighted by atomic mass is 35.5. The molecule has 0 atom stereocenters. The van der Waals surface area contributed by atoms with Crippen molar-refractivity contribution < 1.29 is 19.1 Å². The fraction of sp³-hybridized carbons (Fsp3) is 0.357. The second kappa shape index (κ2) is 8.29. The van der Waals surface area contributed by atoms with Crippen LogP contribution in [0.5, 0.6) is 0 Å². The number of benzene rings is 1. The van der Waals surface area contributed by atoms with Crippen LogP contribution >= 0.6 is 41.4 Å². The number of nitrogens with zero attached hydrogens (tertiary/aromatic N) is 3. The van der Waals surface area contributed by atoms with Crippen LogP contribution in [0.1, 0.15) is 29.9 Å². The molecular weight excluding hydrogens is 422 g/mol. The van der Waals surface area contributed by atoms with E-state index in [-0.39, 0.29) is 18.2 Å². The molecule has 1 heterocycles. The van der Waals surface area contributed by atoms with Crippen LogP contribution < -0.4 is 5.32 Å². The standard InChI is InChI=1S/C14H17Cl2N4O4PS/c1-14(2,17-13(21)9-5-10(15)7-11(16)6-9)12-8-20(19-18-12)3-4-26-25(22,23)24/h5-8H,3-4H2,1-2H3,(H,17,21)(H2,22,23,24). The second-order valence-corrected chi connectivity index (χ2v) is 10.6. The van der Waals surface area contributed by atoms with E-state index in [1.165, 1.54) is 22.9 Å². The van der Waals surface area contributed by atoms with Crippen molar-refractivity contribution in [2.45, 2.75) is 25.9 Å². The summed E-state index contributed by atoms with van der Waals surface area (Å²) >= 11 is 12.4. The van der Waals surface area contributed by atoms with Gasteiger partial charge in [0.15, 0.2) is 0 Å². The van der Waals surface area contributed by atoms with Gasteiger partial charge in [0.2, 0.25) is 0 Å². The Bertz CT molecular complexity index is 835. The number of hydrogen-bond acceptors (Lipinski definition) is 5. The van der Waals surface area contributed by atoms with Crippen molar-refractivity contribution in [2.24, 2.45) is 0 Å². The molecule has 3 N–H and O–H groups in total. The molecule has 0 bridgehead atoms. The van der Waals surface area contributed by atoms with Crippen LogP contribution in [0.2, 0.25) is 10.0 Å². The molecule has 0 spiro atoms. The summed E-state index contributed by atoms with van der Waals surface area (Å²) in [6.45, 7) is -0.319. The molecule has 0 fully saturated rings. The van der Waals surface area contributed by atoms with Gasteiger partial charge in [-0.15, -0.1) is 5.10 Å². The van der Waals surface area contributed by atoms with Crippen LogP contribution in [0, 0.1) is 0 Å². The summed E-state index contributed by atoms with van der Waals surface area (Å²) in [6.07, 6.45) is 1.62. The average Bonchev–Trinajstić information content (AvgIpc) is 2.94. The molecule has 12 heteroatoms. The maximum atomic E-state index is 12.5. The monoisotopic (exact) mass is 438 g/mol. The van der Waals surface area contributed by atoms with Crippen LogP contribution in [0.25, 0.3) is 0 Å². The first-order chi connectivity index (χ1) is 12.0. The van der Waals surface area contributed by atoms with Gasteiger partial charge in [-0.25, -0.2) is 4.57 Å². The maximum Gasteiger partial charge on any atom is 0.384 e. The number of nitrogens with one attached hydrogen (secondary N) is 1. The van der Waals surface area contributed by atoms with E-state index in [1.54, 1.807) is 20.0 Å².